The average Bonchev–Trinajstić information content (AvgIpc) is 3.23. The molecule has 0 unspecified atom stereocenters. The largest absolute Gasteiger partial charge is 0.497 e. The lowest BCUT2D eigenvalue weighted by Gasteiger charge is -2.11. The number of nitrogens with one attached hydrogen (secondary N) is 1. The van der Waals surface area contributed by atoms with Gasteiger partial charge in [-0.25, -0.2) is 4.79 Å². The number of benzene rings is 2. The first-order valence-electron chi connectivity index (χ1n) is 8.82. The van der Waals surface area contributed by atoms with E-state index in [9.17, 15) is 9.59 Å². The second-order valence-corrected chi connectivity index (χ2v) is 6.18. The SMILES string of the molecule is COc1ccc2cc(/C=C/C(=O)O[C@H](C)C(=O)NCc3ccco3)ccc2c1. The Morgan fingerprint density at radius 3 is 2.68 bits per heavy atom. The highest BCUT2D eigenvalue weighted by molar-refractivity contribution is 5.92. The van der Waals surface area contributed by atoms with Crippen LogP contribution in [0.25, 0.3) is 16.8 Å². The number of hydrogen-bond donors (Lipinski definition) is 1. The minimum atomic E-state index is -0.906. The molecule has 0 aliphatic heterocycles. The Labute approximate surface area is 162 Å². The Kier molecular flexibility index (Phi) is 6.11. The van der Waals surface area contributed by atoms with Crippen molar-refractivity contribution < 1.29 is 23.5 Å². The number of furan rings is 1. The third kappa shape index (κ3) is 5.01. The number of rotatable bonds is 7. The lowest BCUT2D eigenvalue weighted by Crippen LogP contribution is -2.35. The number of methoxy groups -OCH3 is 1. The van der Waals surface area contributed by atoms with Crippen molar-refractivity contribution in [1.82, 2.24) is 5.32 Å². The summed E-state index contributed by atoms with van der Waals surface area (Å²) < 4.78 is 15.5. The monoisotopic (exact) mass is 379 g/mol. The van der Waals surface area contributed by atoms with E-state index in [1.54, 1.807) is 25.3 Å². The fraction of sp³-hybridized carbons (Fsp3) is 0.182. The molecule has 1 aromatic heterocycles. The van der Waals surface area contributed by atoms with Crippen molar-refractivity contribution in [3.63, 3.8) is 0 Å². The van der Waals surface area contributed by atoms with Crippen LogP contribution in [0.1, 0.15) is 18.2 Å². The van der Waals surface area contributed by atoms with E-state index >= 15 is 0 Å². The average molecular weight is 379 g/mol. The number of carbonyl (C=O) groups excluding carboxylic acids is 2. The summed E-state index contributed by atoms with van der Waals surface area (Å²) in [6.07, 6.45) is 3.58. The molecule has 28 heavy (non-hydrogen) atoms. The van der Waals surface area contributed by atoms with Crippen LogP contribution in [0.4, 0.5) is 0 Å². The summed E-state index contributed by atoms with van der Waals surface area (Å²) in [6, 6.07) is 15.1. The summed E-state index contributed by atoms with van der Waals surface area (Å²) in [4.78, 5) is 24.0. The summed E-state index contributed by atoms with van der Waals surface area (Å²) >= 11 is 0. The summed E-state index contributed by atoms with van der Waals surface area (Å²) in [6.45, 7) is 1.76. The maximum atomic E-state index is 12.0. The zero-order valence-corrected chi connectivity index (χ0v) is 15.7. The zero-order chi connectivity index (χ0) is 19.9. The highest BCUT2D eigenvalue weighted by atomic mass is 16.5. The molecule has 0 spiro atoms. The molecule has 0 aliphatic rings. The van der Waals surface area contributed by atoms with Crippen LogP contribution in [0.3, 0.4) is 0 Å². The van der Waals surface area contributed by atoms with Crippen LogP contribution in [0, 0.1) is 0 Å². The van der Waals surface area contributed by atoms with Gasteiger partial charge in [-0.3, -0.25) is 4.79 Å². The maximum Gasteiger partial charge on any atom is 0.331 e. The maximum absolute atomic E-state index is 12.0. The van der Waals surface area contributed by atoms with Crippen molar-refractivity contribution >= 4 is 28.7 Å². The lowest BCUT2D eigenvalue weighted by molar-refractivity contribution is -0.150. The molecular formula is C22H21NO5. The molecule has 3 aromatic rings. The van der Waals surface area contributed by atoms with E-state index in [0.717, 1.165) is 22.1 Å². The van der Waals surface area contributed by atoms with Gasteiger partial charge in [0.25, 0.3) is 5.91 Å². The summed E-state index contributed by atoms with van der Waals surface area (Å²) in [7, 11) is 1.63. The second kappa shape index (κ2) is 8.90. The van der Waals surface area contributed by atoms with Gasteiger partial charge in [0, 0.05) is 6.08 Å². The third-order valence-corrected chi connectivity index (χ3v) is 4.16. The van der Waals surface area contributed by atoms with E-state index in [1.807, 2.05) is 36.4 Å². The van der Waals surface area contributed by atoms with Gasteiger partial charge in [0.2, 0.25) is 0 Å². The van der Waals surface area contributed by atoms with Crippen LogP contribution >= 0.6 is 0 Å². The van der Waals surface area contributed by atoms with Gasteiger partial charge in [-0.2, -0.15) is 0 Å². The van der Waals surface area contributed by atoms with Gasteiger partial charge in [0.1, 0.15) is 11.5 Å². The van der Waals surface area contributed by atoms with Crippen LogP contribution in [0.15, 0.2) is 65.3 Å². The van der Waals surface area contributed by atoms with Crippen LogP contribution < -0.4 is 10.1 Å². The normalized spacial score (nSPS) is 12.1. The molecular weight excluding hydrogens is 358 g/mol. The minimum absolute atomic E-state index is 0.242. The molecule has 0 saturated carbocycles. The molecule has 1 amide bonds. The fourth-order valence-electron chi connectivity index (χ4n) is 2.64. The second-order valence-electron chi connectivity index (χ2n) is 6.18. The van der Waals surface area contributed by atoms with E-state index in [1.165, 1.54) is 19.3 Å². The van der Waals surface area contributed by atoms with E-state index in [4.69, 9.17) is 13.9 Å². The van der Waals surface area contributed by atoms with Gasteiger partial charge >= 0.3 is 5.97 Å². The topological polar surface area (TPSA) is 77.8 Å². The van der Waals surface area contributed by atoms with Gasteiger partial charge in [-0.05, 0) is 59.7 Å². The first-order chi connectivity index (χ1) is 13.5. The molecule has 0 radical (unpaired) electrons. The number of carbonyl (C=O) groups is 2. The Bertz CT molecular complexity index is 991. The predicted octanol–water partition coefficient (Wildman–Crippen LogP) is 3.70. The minimum Gasteiger partial charge on any atom is -0.497 e. The number of ether oxygens (including phenoxy) is 2. The summed E-state index contributed by atoms with van der Waals surface area (Å²) in [5, 5.41) is 4.72. The van der Waals surface area contributed by atoms with Crippen molar-refractivity contribution in [3.8, 4) is 5.75 Å². The molecule has 6 nitrogen and oxygen atoms in total. The molecule has 2 aromatic carbocycles. The number of amides is 1. The molecule has 0 saturated heterocycles. The third-order valence-electron chi connectivity index (χ3n) is 4.16. The molecule has 0 fully saturated rings. The quantitative estimate of drug-likeness (QED) is 0.500. The van der Waals surface area contributed by atoms with Crippen molar-refractivity contribution in [2.24, 2.45) is 0 Å². The summed E-state index contributed by atoms with van der Waals surface area (Å²) in [5.41, 5.74) is 0.851. The van der Waals surface area contributed by atoms with Crippen molar-refractivity contribution in [2.45, 2.75) is 19.6 Å². The Morgan fingerprint density at radius 1 is 1.14 bits per heavy atom. The van der Waals surface area contributed by atoms with Gasteiger partial charge in [0.05, 0.1) is 19.9 Å². The van der Waals surface area contributed by atoms with E-state index in [2.05, 4.69) is 5.32 Å². The van der Waals surface area contributed by atoms with Crippen molar-refractivity contribution in [3.05, 3.63) is 72.2 Å². The lowest BCUT2D eigenvalue weighted by atomic mass is 10.1. The zero-order valence-electron chi connectivity index (χ0n) is 15.7. The van der Waals surface area contributed by atoms with E-state index in [0.29, 0.717) is 5.76 Å². The molecule has 1 N–H and O–H groups in total. The Hall–Kier alpha value is -3.54. The number of hydrogen-bond acceptors (Lipinski definition) is 5. The van der Waals surface area contributed by atoms with E-state index in [-0.39, 0.29) is 6.54 Å². The van der Waals surface area contributed by atoms with Gasteiger partial charge in [0.15, 0.2) is 6.10 Å². The number of fused-ring (bicyclic) bond motifs is 1. The van der Waals surface area contributed by atoms with Crippen LogP contribution in [-0.4, -0.2) is 25.1 Å². The van der Waals surface area contributed by atoms with E-state index < -0.39 is 18.0 Å². The molecule has 0 bridgehead atoms. The highest BCUT2D eigenvalue weighted by Gasteiger charge is 2.16. The molecule has 1 heterocycles. The predicted molar refractivity (Wildman–Crippen MR) is 106 cm³/mol. The first-order valence-corrected chi connectivity index (χ1v) is 8.82. The Balaban J connectivity index is 1.55. The molecule has 6 heteroatoms. The highest BCUT2D eigenvalue weighted by Crippen LogP contribution is 2.22. The molecule has 144 valence electrons. The molecule has 0 aliphatic carbocycles. The van der Waals surface area contributed by atoms with Gasteiger partial charge < -0.3 is 19.2 Å². The van der Waals surface area contributed by atoms with Crippen LogP contribution in [0.2, 0.25) is 0 Å². The fourth-order valence-corrected chi connectivity index (χ4v) is 2.64. The smallest absolute Gasteiger partial charge is 0.331 e. The summed E-state index contributed by atoms with van der Waals surface area (Å²) in [5.74, 6) is 0.438. The van der Waals surface area contributed by atoms with Crippen LogP contribution in [-0.2, 0) is 20.9 Å². The molecule has 3 rings (SSSR count). The first kappa shape index (κ1) is 19.2. The standard InChI is InChI=1S/C22H21NO5/c1-15(22(25)23-14-20-4-3-11-27-20)28-21(24)10-6-16-5-7-18-13-19(26-2)9-8-17(18)12-16/h3-13,15H,14H2,1-2H3,(H,23,25)/b10-6+/t15-/m1/s1. The van der Waals surface area contributed by atoms with Gasteiger partial charge in [-0.1, -0.05) is 18.2 Å². The van der Waals surface area contributed by atoms with Gasteiger partial charge in [-0.15, -0.1) is 0 Å². The Morgan fingerprint density at radius 2 is 1.93 bits per heavy atom. The van der Waals surface area contributed by atoms with Crippen molar-refractivity contribution in [2.75, 3.05) is 7.11 Å². The van der Waals surface area contributed by atoms with Crippen molar-refractivity contribution in [1.29, 1.82) is 0 Å². The number of esters is 1. The molecule has 1 atom stereocenters. The van der Waals surface area contributed by atoms with Crippen LogP contribution in [0.5, 0.6) is 5.75 Å².